The van der Waals surface area contributed by atoms with Gasteiger partial charge in [-0.25, -0.2) is 0 Å². The van der Waals surface area contributed by atoms with Crippen LogP contribution in [0, 0.1) is 20.8 Å². The molecular weight excluding hydrogens is 423 g/mol. The van der Waals surface area contributed by atoms with Crippen molar-refractivity contribution in [1.29, 1.82) is 0 Å². The normalized spacial score (nSPS) is 14.4. The largest absolute Gasteiger partial charge is 1.00 e. The minimum Gasteiger partial charge on any atom is -1.00 e. The monoisotopic (exact) mass is 450 g/mol. The summed E-state index contributed by atoms with van der Waals surface area (Å²) in [5.41, 5.74) is 7.46. The van der Waals surface area contributed by atoms with Crippen LogP contribution in [0.5, 0.6) is 0 Å². The predicted octanol–water partition coefficient (Wildman–Crippen LogP) is -3.09. The molecule has 5 heteroatoms. The molecule has 0 saturated heterocycles. The molecule has 0 amide bonds. The molecule has 138 valence electrons. The molecular formula is C20H29Cl3SiTi. The second kappa shape index (κ2) is 9.62. The van der Waals surface area contributed by atoms with Crippen LogP contribution in [0.4, 0.5) is 0 Å². The van der Waals surface area contributed by atoms with E-state index < -0.39 is 8.07 Å². The first-order valence-electron chi connectivity index (χ1n) is 8.21. The number of benzene rings is 1. The number of hydrogen-bond acceptors (Lipinski definition) is 0. The summed E-state index contributed by atoms with van der Waals surface area (Å²) >= 11 is 2.35. The topological polar surface area (TPSA) is 0 Å². The van der Waals surface area contributed by atoms with Gasteiger partial charge in [0.15, 0.2) is 0 Å². The van der Waals surface area contributed by atoms with Crippen molar-refractivity contribution < 1.29 is 57.7 Å². The number of allylic oxidation sites excluding steroid dienone is 4. The van der Waals surface area contributed by atoms with Crippen LogP contribution in [0.25, 0.3) is 0 Å². The third kappa shape index (κ3) is 5.50. The Kier molecular flexibility index (Phi) is 10.7. The van der Waals surface area contributed by atoms with Crippen molar-refractivity contribution in [2.75, 3.05) is 0 Å². The van der Waals surface area contributed by atoms with E-state index in [-0.39, 0.29) is 42.6 Å². The molecule has 0 unspecified atom stereocenters. The van der Waals surface area contributed by atoms with E-state index in [9.17, 15) is 0 Å². The Hall–Kier alpha value is 0.501. The van der Waals surface area contributed by atoms with Crippen LogP contribution in [0.15, 0.2) is 32.9 Å². The maximum Gasteiger partial charge on any atom is -1.00 e. The van der Waals surface area contributed by atoms with Crippen molar-refractivity contribution >= 4 is 8.07 Å². The van der Waals surface area contributed by atoms with E-state index in [0.717, 1.165) is 6.42 Å². The van der Waals surface area contributed by atoms with E-state index >= 15 is 0 Å². The molecule has 0 N–H and O–H groups in total. The van der Waals surface area contributed by atoms with Gasteiger partial charge in [0.1, 0.15) is 0 Å². The van der Waals surface area contributed by atoms with Gasteiger partial charge in [0.25, 0.3) is 0 Å². The molecule has 0 nitrogen and oxygen atoms in total. The van der Waals surface area contributed by atoms with Gasteiger partial charge in [0.2, 0.25) is 0 Å². The van der Waals surface area contributed by atoms with E-state index in [1.165, 1.54) is 22.3 Å². The number of aryl methyl sites for hydroxylation is 3. The van der Waals surface area contributed by atoms with Gasteiger partial charge in [-0.1, -0.05) is 0 Å². The van der Waals surface area contributed by atoms with Gasteiger partial charge in [-0.15, -0.1) is 0 Å². The zero-order valence-electron chi connectivity index (χ0n) is 16.6. The smallest absolute Gasteiger partial charge is 1.00 e. The molecule has 1 aliphatic rings. The van der Waals surface area contributed by atoms with E-state index in [0.29, 0.717) is 0 Å². The maximum atomic E-state index is 2.51. The van der Waals surface area contributed by atoms with Gasteiger partial charge in [0, 0.05) is 0 Å². The van der Waals surface area contributed by atoms with Crippen molar-refractivity contribution in [1.82, 2.24) is 0 Å². The quantitative estimate of drug-likeness (QED) is 0.428. The summed E-state index contributed by atoms with van der Waals surface area (Å²) in [6.45, 7) is 18.9. The summed E-state index contributed by atoms with van der Waals surface area (Å²) < 4.78 is 1.57. The molecule has 0 fully saturated rings. The first kappa shape index (κ1) is 27.7. The van der Waals surface area contributed by atoms with Gasteiger partial charge < -0.3 is 37.2 Å². The SMILES string of the molecule is Cc1cc(C)c(C(C)(C)C2=[C]([Ti+3])C([Si](C)(C)C)=CC2)cc1C.[Cl-].[Cl-].[Cl-]. The third-order valence-corrected chi connectivity index (χ3v) is 8.51. The fourth-order valence-corrected chi connectivity index (χ4v) is 7.79. The average Bonchev–Trinajstić information content (AvgIpc) is 2.76. The molecule has 1 aromatic carbocycles. The zero-order chi connectivity index (χ0) is 16.9. The zero-order valence-corrected chi connectivity index (χ0v) is 21.4. The van der Waals surface area contributed by atoms with Gasteiger partial charge in [0.05, 0.1) is 0 Å². The van der Waals surface area contributed by atoms with Crippen LogP contribution in [0.2, 0.25) is 19.6 Å². The van der Waals surface area contributed by atoms with Gasteiger partial charge in [-0.05, 0) is 0 Å². The number of hydrogen-bond donors (Lipinski definition) is 0. The second-order valence-electron chi connectivity index (χ2n) is 8.30. The Balaban J connectivity index is 0. The number of rotatable bonds is 3. The fourth-order valence-electron chi connectivity index (χ4n) is 3.62. The fraction of sp³-hybridized carbons (Fsp3) is 0.500. The van der Waals surface area contributed by atoms with Crippen molar-refractivity contribution in [3.63, 3.8) is 0 Å². The van der Waals surface area contributed by atoms with Crippen LogP contribution in [-0.2, 0) is 25.9 Å². The average molecular weight is 452 g/mol. The first-order chi connectivity index (χ1) is 9.96. The van der Waals surface area contributed by atoms with Crippen LogP contribution < -0.4 is 37.2 Å². The summed E-state index contributed by atoms with van der Waals surface area (Å²) in [4.78, 5) is 0. The molecule has 0 atom stereocenters. The Bertz CT molecular complexity index is 683. The molecule has 0 radical (unpaired) electrons. The standard InChI is InChI=1S/C20H29Si.3ClH.Ti/c1-14-11-16(3)19(12-15(14)2)20(4,5)17-9-10-18(13-17)21(6,7)8;;;;/h10-12H,9H2,1-8H3;3*1H;/q;;;;+3/p-3. The Morgan fingerprint density at radius 2 is 1.36 bits per heavy atom. The molecule has 0 saturated carbocycles. The third-order valence-electron chi connectivity index (χ3n) is 5.16. The minimum atomic E-state index is -1.24. The molecule has 2 rings (SSSR count). The summed E-state index contributed by atoms with van der Waals surface area (Å²) in [6.07, 6.45) is 3.64. The molecule has 0 aromatic heterocycles. The van der Waals surface area contributed by atoms with Crippen molar-refractivity contribution in [2.45, 2.75) is 66.1 Å². The molecule has 0 heterocycles. The Morgan fingerprint density at radius 1 is 0.880 bits per heavy atom. The van der Waals surface area contributed by atoms with Crippen molar-refractivity contribution in [2.24, 2.45) is 0 Å². The number of halogens is 3. The van der Waals surface area contributed by atoms with E-state index in [1.807, 2.05) is 0 Å². The van der Waals surface area contributed by atoms with Gasteiger partial charge >= 0.3 is 150 Å². The maximum absolute atomic E-state index is 2.51. The van der Waals surface area contributed by atoms with Crippen LogP contribution in [0.3, 0.4) is 0 Å². The predicted molar refractivity (Wildman–Crippen MR) is 96.8 cm³/mol. The summed E-state index contributed by atoms with van der Waals surface area (Å²) in [5.74, 6) is 0. The second-order valence-corrected chi connectivity index (χ2v) is 14.1. The van der Waals surface area contributed by atoms with Crippen molar-refractivity contribution in [3.8, 4) is 0 Å². The molecule has 1 aromatic rings. The van der Waals surface area contributed by atoms with E-state index in [2.05, 4.69) is 92.9 Å². The summed E-state index contributed by atoms with van der Waals surface area (Å²) in [7, 11) is -1.24. The summed E-state index contributed by atoms with van der Waals surface area (Å²) in [6, 6.07) is 4.77. The van der Waals surface area contributed by atoms with Gasteiger partial charge in [-0.2, -0.15) is 0 Å². The Labute approximate surface area is 186 Å². The summed E-state index contributed by atoms with van der Waals surface area (Å²) in [5, 5.41) is 1.66. The Morgan fingerprint density at radius 3 is 1.80 bits per heavy atom. The van der Waals surface area contributed by atoms with Crippen molar-refractivity contribution in [3.05, 3.63) is 55.1 Å². The molecule has 1 aliphatic carbocycles. The first-order valence-corrected chi connectivity index (χ1v) is 12.5. The van der Waals surface area contributed by atoms with E-state index in [4.69, 9.17) is 0 Å². The molecule has 0 spiro atoms. The minimum absolute atomic E-state index is 0. The van der Waals surface area contributed by atoms with Crippen LogP contribution in [0.1, 0.15) is 42.5 Å². The molecule has 25 heavy (non-hydrogen) atoms. The molecule has 0 aliphatic heterocycles. The molecule has 0 bridgehead atoms. The van der Waals surface area contributed by atoms with Crippen LogP contribution in [-0.4, -0.2) is 8.07 Å². The van der Waals surface area contributed by atoms with E-state index in [1.54, 1.807) is 14.6 Å². The van der Waals surface area contributed by atoms with Crippen LogP contribution >= 0.6 is 0 Å². The van der Waals surface area contributed by atoms with Gasteiger partial charge in [-0.3, -0.25) is 0 Å².